The summed E-state index contributed by atoms with van der Waals surface area (Å²) in [4.78, 5) is 18.1. The van der Waals surface area contributed by atoms with Gasteiger partial charge in [0.05, 0.1) is 11.3 Å². The summed E-state index contributed by atoms with van der Waals surface area (Å²) in [5, 5.41) is 12.6. The van der Waals surface area contributed by atoms with Gasteiger partial charge in [0, 0.05) is 18.5 Å². The van der Waals surface area contributed by atoms with Crippen LogP contribution in [-0.4, -0.2) is 18.2 Å². The van der Waals surface area contributed by atoms with E-state index in [2.05, 4.69) is 57.3 Å². The molecule has 1 aliphatic rings. The van der Waals surface area contributed by atoms with Gasteiger partial charge < -0.3 is 5.32 Å². The number of hydrogen-bond donors (Lipinski definition) is 1. The number of benzene rings is 2. The van der Waals surface area contributed by atoms with Crippen molar-refractivity contribution in [2.24, 2.45) is 22.7 Å². The van der Waals surface area contributed by atoms with E-state index < -0.39 is 5.82 Å². The Morgan fingerprint density at radius 3 is 2.44 bits per heavy atom. The number of carbonyl (C=O) groups is 1. The molecule has 1 heterocycles. The summed E-state index contributed by atoms with van der Waals surface area (Å²) in [6.45, 7) is 11.4. The molecule has 2 atom stereocenters. The van der Waals surface area contributed by atoms with E-state index in [1.165, 1.54) is 12.1 Å². The van der Waals surface area contributed by atoms with Gasteiger partial charge in [-0.25, -0.2) is 9.38 Å². The number of nitriles is 1. The van der Waals surface area contributed by atoms with Gasteiger partial charge in [0.15, 0.2) is 11.6 Å². The van der Waals surface area contributed by atoms with Crippen molar-refractivity contribution in [2.45, 2.75) is 66.7 Å². The topological polar surface area (TPSA) is 65.2 Å². The van der Waals surface area contributed by atoms with Crippen LogP contribution in [-0.2, 0) is 4.79 Å². The van der Waals surface area contributed by atoms with Gasteiger partial charge in [-0.05, 0) is 60.8 Å². The molecular weight excluding hydrogens is 449 g/mol. The predicted molar refractivity (Wildman–Crippen MR) is 146 cm³/mol. The van der Waals surface area contributed by atoms with E-state index in [1.807, 2.05) is 13.0 Å². The Morgan fingerprint density at radius 1 is 1.14 bits per heavy atom. The lowest BCUT2D eigenvalue weighted by Gasteiger charge is -2.24. The maximum absolute atomic E-state index is 14.7. The van der Waals surface area contributed by atoms with E-state index in [-0.39, 0.29) is 17.3 Å². The number of aryl methyl sites for hydroxylation is 1. The summed E-state index contributed by atoms with van der Waals surface area (Å²) in [5.74, 6) is 0.869. The molecule has 0 saturated heterocycles. The second-order valence-corrected chi connectivity index (χ2v) is 10.4. The zero-order valence-electron chi connectivity index (χ0n) is 22.2. The number of amidine groups is 1. The number of allylic oxidation sites excluding steroid dienone is 1. The molecule has 190 valence electrons. The van der Waals surface area contributed by atoms with E-state index in [1.54, 1.807) is 6.07 Å². The first-order valence-corrected chi connectivity index (χ1v) is 13.1. The molecule has 0 radical (unpaired) electrons. The zero-order chi connectivity index (χ0) is 26.2. The van der Waals surface area contributed by atoms with Crippen molar-refractivity contribution in [3.05, 3.63) is 70.5 Å². The molecule has 0 amide bonds. The Kier molecular flexibility index (Phi) is 9.58. The van der Waals surface area contributed by atoms with Crippen LogP contribution < -0.4 is 5.32 Å². The van der Waals surface area contributed by atoms with Crippen LogP contribution in [0.4, 0.5) is 4.39 Å². The molecular formula is C31H38FN3O. The average molecular weight is 488 g/mol. The molecule has 2 unspecified atom stereocenters. The van der Waals surface area contributed by atoms with E-state index in [0.29, 0.717) is 48.3 Å². The molecule has 4 nitrogen and oxygen atoms in total. The van der Waals surface area contributed by atoms with Gasteiger partial charge in [0.2, 0.25) is 0 Å². The molecule has 1 aliphatic heterocycles. The number of nitrogens with zero attached hydrogens (tertiary/aromatic N) is 2. The third-order valence-electron chi connectivity index (χ3n) is 7.05. The minimum absolute atomic E-state index is 0.00975. The first-order valence-electron chi connectivity index (χ1n) is 13.1. The maximum Gasteiger partial charge on any atom is 0.197 e. The summed E-state index contributed by atoms with van der Waals surface area (Å²) < 4.78 is 14.7. The number of nitrogens with one attached hydrogen (secondary N) is 1. The number of Topliss-reactive ketones (excluding diaryl/α,β-unsaturated/α-hetero) is 1. The SMILES string of the molecule is CCC(CCC(C)C)CN/C1=N/C(c2ccc(C#N)c(F)c2)=C(/c2ccc(C)cc2)C(C)CCC1=O. The van der Waals surface area contributed by atoms with Crippen molar-refractivity contribution in [3.8, 4) is 6.07 Å². The normalized spacial score (nSPS) is 20.8. The van der Waals surface area contributed by atoms with Gasteiger partial charge in [-0.1, -0.05) is 76.4 Å². The summed E-state index contributed by atoms with van der Waals surface area (Å²) in [6.07, 6.45) is 4.34. The molecule has 0 fully saturated rings. The van der Waals surface area contributed by atoms with E-state index in [0.717, 1.165) is 36.0 Å². The van der Waals surface area contributed by atoms with Crippen LogP contribution in [0.1, 0.15) is 82.1 Å². The average Bonchev–Trinajstić information content (AvgIpc) is 2.85. The quantitative estimate of drug-likeness (QED) is 0.424. The fourth-order valence-corrected chi connectivity index (χ4v) is 4.60. The Hall–Kier alpha value is -3.26. The monoisotopic (exact) mass is 487 g/mol. The molecule has 3 rings (SSSR count). The van der Waals surface area contributed by atoms with E-state index >= 15 is 0 Å². The van der Waals surface area contributed by atoms with Crippen molar-refractivity contribution in [1.82, 2.24) is 5.32 Å². The van der Waals surface area contributed by atoms with Crippen molar-refractivity contribution < 1.29 is 9.18 Å². The summed E-state index contributed by atoms with van der Waals surface area (Å²) in [6, 6.07) is 14.7. The Labute approximate surface area is 215 Å². The zero-order valence-corrected chi connectivity index (χ0v) is 22.2. The van der Waals surface area contributed by atoms with Gasteiger partial charge in [-0.3, -0.25) is 4.79 Å². The minimum Gasteiger partial charge on any atom is -0.367 e. The molecule has 5 heteroatoms. The highest BCUT2D eigenvalue weighted by Gasteiger charge is 2.25. The van der Waals surface area contributed by atoms with Crippen molar-refractivity contribution in [1.29, 1.82) is 5.26 Å². The van der Waals surface area contributed by atoms with Crippen LogP contribution in [0.3, 0.4) is 0 Å². The fourth-order valence-electron chi connectivity index (χ4n) is 4.60. The molecule has 0 saturated carbocycles. The molecule has 0 bridgehead atoms. The van der Waals surface area contributed by atoms with Crippen LogP contribution in [0.15, 0.2) is 47.5 Å². The van der Waals surface area contributed by atoms with Gasteiger partial charge in [-0.2, -0.15) is 5.26 Å². The van der Waals surface area contributed by atoms with Crippen molar-refractivity contribution in [2.75, 3.05) is 6.54 Å². The lowest BCUT2D eigenvalue weighted by Crippen LogP contribution is -2.36. The lowest BCUT2D eigenvalue weighted by molar-refractivity contribution is -0.113. The van der Waals surface area contributed by atoms with Crippen LogP contribution in [0.5, 0.6) is 0 Å². The number of carbonyl (C=O) groups excluding carboxylic acids is 1. The van der Waals surface area contributed by atoms with Gasteiger partial charge in [0.1, 0.15) is 11.9 Å². The fraction of sp³-hybridized carbons (Fsp3) is 0.452. The second-order valence-electron chi connectivity index (χ2n) is 10.4. The molecule has 2 aromatic rings. The highest BCUT2D eigenvalue weighted by Crippen LogP contribution is 2.37. The molecule has 0 aromatic heterocycles. The molecule has 0 aliphatic carbocycles. The molecule has 2 aromatic carbocycles. The van der Waals surface area contributed by atoms with E-state index in [4.69, 9.17) is 4.99 Å². The highest BCUT2D eigenvalue weighted by atomic mass is 19.1. The van der Waals surface area contributed by atoms with Gasteiger partial charge in [0.25, 0.3) is 0 Å². The smallest absolute Gasteiger partial charge is 0.197 e. The van der Waals surface area contributed by atoms with E-state index in [9.17, 15) is 14.4 Å². The summed E-state index contributed by atoms with van der Waals surface area (Å²) in [7, 11) is 0. The summed E-state index contributed by atoms with van der Waals surface area (Å²) >= 11 is 0. The number of aliphatic imine (C=N–C) groups is 1. The maximum atomic E-state index is 14.7. The van der Waals surface area contributed by atoms with Crippen LogP contribution in [0, 0.1) is 41.8 Å². The Bertz CT molecular complexity index is 1170. The number of halogens is 1. The highest BCUT2D eigenvalue weighted by molar-refractivity contribution is 6.40. The largest absolute Gasteiger partial charge is 0.367 e. The Morgan fingerprint density at radius 2 is 1.83 bits per heavy atom. The van der Waals surface area contributed by atoms with Crippen LogP contribution >= 0.6 is 0 Å². The predicted octanol–water partition coefficient (Wildman–Crippen LogP) is 7.32. The second kappa shape index (κ2) is 12.6. The number of ketones is 1. The number of rotatable bonds is 8. The molecule has 1 N–H and O–H groups in total. The Balaban J connectivity index is 2.12. The van der Waals surface area contributed by atoms with Gasteiger partial charge >= 0.3 is 0 Å². The summed E-state index contributed by atoms with van der Waals surface area (Å²) in [5.41, 5.74) is 4.28. The third-order valence-corrected chi connectivity index (χ3v) is 7.05. The van der Waals surface area contributed by atoms with Crippen LogP contribution in [0.25, 0.3) is 11.3 Å². The first-order chi connectivity index (χ1) is 17.2. The van der Waals surface area contributed by atoms with Crippen molar-refractivity contribution >= 4 is 22.9 Å². The standard InChI is InChI=1S/C31H38FN3O/c1-6-23(11-7-20(2)3)19-34-31-28(36)16-10-22(5)29(24-12-8-21(4)9-13-24)30(35-31)25-14-15-26(18-33)27(32)17-25/h8-9,12-15,17,20,22-23H,6-7,10-11,16,19H2,1-5H3,(H,34,35)/b30-29+. The third kappa shape index (κ3) is 6.91. The van der Waals surface area contributed by atoms with Crippen LogP contribution in [0.2, 0.25) is 0 Å². The molecule has 36 heavy (non-hydrogen) atoms. The van der Waals surface area contributed by atoms with Gasteiger partial charge in [-0.15, -0.1) is 0 Å². The van der Waals surface area contributed by atoms with Crippen molar-refractivity contribution in [3.63, 3.8) is 0 Å². The minimum atomic E-state index is -0.587. The molecule has 0 spiro atoms. The lowest BCUT2D eigenvalue weighted by atomic mass is 9.85. The first kappa shape index (κ1) is 27.3. The number of hydrogen-bond acceptors (Lipinski definition) is 4.